The third-order valence-corrected chi connectivity index (χ3v) is 4.90. The lowest BCUT2D eigenvalue weighted by Crippen LogP contribution is -2.34. The van der Waals surface area contributed by atoms with Crippen LogP contribution in [-0.2, 0) is 11.4 Å². The maximum absolute atomic E-state index is 12.2. The predicted molar refractivity (Wildman–Crippen MR) is 123 cm³/mol. The number of hydrazone groups is 1. The fourth-order valence-corrected chi connectivity index (χ4v) is 3.04. The van der Waals surface area contributed by atoms with Gasteiger partial charge in [0.05, 0.1) is 12.8 Å². The van der Waals surface area contributed by atoms with Crippen molar-refractivity contribution in [1.82, 2.24) is 10.7 Å². The second-order valence-corrected chi connectivity index (χ2v) is 7.46. The zero-order valence-corrected chi connectivity index (χ0v) is 18.2. The average molecular weight is 466 g/mol. The molecular weight excluding hydrogens is 446 g/mol. The molecule has 1 aliphatic rings. The molecule has 0 unspecified atom stereocenters. The first-order valence-corrected chi connectivity index (χ1v) is 10.4. The monoisotopic (exact) mass is 465 g/mol. The van der Waals surface area contributed by atoms with Gasteiger partial charge in [-0.2, -0.15) is 5.10 Å². The number of carbonyl (C=O) groups excluding carboxylic acids is 2. The van der Waals surface area contributed by atoms with E-state index in [9.17, 15) is 9.59 Å². The van der Waals surface area contributed by atoms with Crippen LogP contribution >= 0.6 is 11.6 Å². The molecular formula is C24H20ClN3O5. The van der Waals surface area contributed by atoms with E-state index in [1.165, 1.54) is 6.21 Å². The maximum atomic E-state index is 12.2. The van der Waals surface area contributed by atoms with Crippen LogP contribution in [0.4, 0.5) is 0 Å². The molecule has 0 aromatic heterocycles. The van der Waals surface area contributed by atoms with Crippen molar-refractivity contribution in [3.63, 3.8) is 0 Å². The second kappa shape index (κ2) is 10.5. The molecule has 33 heavy (non-hydrogen) atoms. The van der Waals surface area contributed by atoms with E-state index in [-0.39, 0.29) is 13.3 Å². The van der Waals surface area contributed by atoms with Crippen molar-refractivity contribution in [2.45, 2.75) is 6.61 Å². The number of nitrogens with zero attached hydrogens (tertiary/aromatic N) is 1. The fourth-order valence-electron chi connectivity index (χ4n) is 2.92. The van der Waals surface area contributed by atoms with Crippen LogP contribution in [-0.4, -0.2) is 31.4 Å². The first-order valence-electron chi connectivity index (χ1n) is 10.0. The zero-order chi connectivity index (χ0) is 23.0. The SMILES string of the molecule is O=C(CNC(=O)c1ccc2c(c1)OCO2)N/N=C\c1ccc(OCc2ccc(Cl)cc2)cc1. The van der Waals surface area contributed by atoms with Gasteiger partial charge in [0.25, 0.3) is 11.8 Å². The summed E-state index contributed by atoms with van der Waals surface area (Å²) >= 11 is 5.88. The van der Waals surface area contributed by atoms with E-state index in [0.717, 1.165) is 11.1 Å². The predicted octanol–water partition coefficient (Wildman–Crippen LogP) is 3.53. The number of rotatable bonds is 8. The number of hydrogen-bond acceptors (Lipinski definition) is 6. The van der Waals surface area contributed by atoms with Gasteiger partial charge in [-0.25, -0.2) is 5.43 Å². The first kappa shape index (κ1) is 22.2. The summed E-state index contributed by atoms with van der Waals surface area (Å²) in [5.74, 6) is 0.931. The van der Waals surface area contributed by atoms with E-state index in [1.807, 2.05) is 48.5 Å². The summed E-state index contributed by atoms with van der Waals surface area (Å²) in [7, 11) is 0. The highest BCUT2D eigenvalue weighted by Gasteiger charge is 2.16. The van der Waals surface area contributed by atoms with Crippen LogP contribution in [0.25, 0.3) is 0 Å². The Kier molecular flexibility index (Phi) is 7.06. The smallest absolute Gasteiger partial charge is 0.259 e. The lowest BCUT2D eigenvalue weighted by atomic mass is 10.2. The van der Waals surface area contributed by atoms with E-state index in [0.29, 0.717) is 34.4 Å². The Labute approximate surface area is 195 Å². The van der Waals surface area contributed by atoms with Gasteiger partial charge in [0.15, 0.2) is 11.5 Å². The third-order valence-electron chi connectivity index (χ3n) is 4.65. The van der Waals surface area contributed by atoms with Crippen molar-refractivity contribution in [3.05, 3.63) is 88.4 Å². The Bertz CT molecular complexity index is 1160. The number of halogens is 1. The van der Waals surface area contributed by atoms with E-state index >= 15 is 0 Å². The number of fused-ring (bicyclic) bond motifs is 1. The van der Waals surface area contributed by atoms with Gasteiger partial charge in [-0.15, -0.1) is 0 Å². The number of amides is 2. The molecule has 1 aliphatic heterocycles. The van der Waals surface area contributed by atoms with E-state index < -0.39 is 11.8 Å². The zero-order valence-electron chi connectivity index (χ0n) is 17.4. The number of benzene rings is 3. The lowest BCUT2D eigenvalue weighted by molar-refractivity contribution is -0.120. The van der Waals surface area contributed by atoms with E-state index in [1.54, 1.807) is 18.2 Å². The van der Waals surface area contributed by atoms with Gasteiger partial charge in [-0.05, 0) is 65.7 Å². The molecule has 0 aliphatic carbocycles. The Hall–Kier alpha value is -4.04. The fraction of sp³-hybridized carbons (Fsp3) is 0.125. The van der Waals surface area contributed by atoms with E-state index in [2.05, 4.69) is 15.8 Å². The Morgan fingerprint density at radius 3 is 2.55 bits per heavy atom. The highest BCUT2D eigenvalue weighted by atomic mass is 35.5. The second-order valence-electron chi connectivity index (χ2n) is 7.03. The normalized spacial score (nSPS) is 11.9. The van der Waals surface area contributed by atoms with Crippen molar-refractivity contribution in [2.75, 3.05) is 13.3 Å². The minimum atomic E-state index is -0.455. The summed E-state index contributed by atoms with van der Waals surface area (Å²) in [6, 6.07) is 19.5. The quantitative estimate of drug-likeness (QED) is 0.392. The van der Waals surface area contributed by atoms with Crippen molar-refractivity contribution in [3.8, 4) is 17.2 Å². The summed E-state index contributed by atoms with van der Waals surface area (Å²) in [5, 5.41) is 7.12. The van der Waals surface area contributed by atoms with Gasteiger partial charge in [0.2, 0.25) is 6.79 Å². The topological polar surface area (TPSA) is 98.3 Å². The molecule has 0 bridgehead atoms. The molecule has 0 radical (unpaired) electrons. The Morgan fingerprint density at radius 1 is 1.00 bits per heavy atom. The van der Waals surface area contributed by atoms with Crippen LogP contribution in [0.1, 0.15) is 21.5 Å². The molecule has 0 saturated heterocycles. The van der Waals surface area contributed by atoms with Gasteiger partial charge in [-0.3, -0.25) is 9.59 Å². The van der Waals surface area contributed by atoms with Crippen molar-refractivity contribution in [2.24, 2.45) is 5.10 Å². The van der Waals surface area contributed by atoms with Gasteiger partial charge >= 0.3 is 0 Å². The molecule has 9 heteroatoms. The maximum Gasteiger partial charge on any atom is 0.259 e. The molecule has 0 atom stereocenters. The molecule has 2 amide bonds. The number of ether oxygens (including phenoxy) is 3. The van der Waals surface area contributed by atoms with Crippen LogP contribution < -0.4 is 25.0 Å². The molecule has 168 valence electrons. The summed E-state index contributed by atoms with van der Waals surface area (Å²) in [6.45, 7) is 0.334. The van der Waals surface area contributed by atoms with Crippen LogP contribution in [0.5, 0.6) is 17.2 Å². The standard InChI is InChI=1S/C24H20ClN3O5/c25-19-6-1-17(2-7-19)14-31-20-8-3-16(4-9-20)12-27-28-23(29)13-26-24(30)18-5-10-21-22(11-18)33-15-32-21/h1-12H,13-15H2,(H,26,30)(H,28,29)/b27-12-. The van der Waals surface area contributed by atoms with Crippen LogP contribution in [0.15, 0.2) is 71.8 Å². The molecule has 8 nitrogen and oxygen atoms in total. The van der Waals surface area contributed by atoms with E-state index in [4.69, 9.17) is 25.8 Å². The highest BCUT2D eigenvalue weighted by Crippen LogP contribution is 2.32. The molecule has 0 spiro atoms. The van der Waals surface area contributed by atoms with Crippen LogP contribution in [0.2, 0.25) is 5.02 Å². The number of carbonyl (C=O) groups is 2. The Balaban J connectivity index is 1.19. The molecule has 3 aromatic carbocycles. The minimum Gasteiger partial charge on any atom is -0.489 e. The van der Waals surface area contributed by atoms with Gasteiger partial charge in [-0.1, -0.05) is 23.7 Å². The Morgan fingerprint density at radius 2 is 1.76 bits per heavy atom. The van der Waals surface area contributed by atoms with Gasteiger partial charge < -0.3 is 19.5 Å². The molecule has 3 aromatic rings. The average Bonchev–Trinajstić information content (AvgIpc) is 3.31. The summed E-state index contributed by atoms with van der Waals surface area (Å²) < 4.78 is 16.2. The summed E-state index contributed by atoms with van der Waals surface area (Å²) in [6.07, 6.45) is 1.50. The molecule has 2 N–H and O–H groups in total. The third kappa shape index (κ3) is 6.24. The van der Waals surface area contributed by atoms with Crippen molar-refractivity contribution >= 4 is 29.6 Å². The van der Waals surface area contributed by atoms with Crippen molar-refractivity contribution < 1.29 is 23.8 Å². The van der Waals surface area contributed by atoms with Crippen LogP contribution in [0, 0.1) is 0 Å². The molecule has 1 heterocycles. The van der Waals surface area contributed by atoms with Crippen molar-refractivity contribution in [1.29, 1.82) is 0 Å². The summed E-state index contributed by atoms with van der Waals surface area (Å²) in [4.78, 5) is 24.1. The molecule has 0 saturated carbocycles. The van der Waals surface area contributed by atoms with Gasteiger partial charge in [0, 0.05) is 10.6 Å². The highest BCUT2D eigenvalue weighted by molar-refractivity contribution is 6.30. The molecule has 0 fully saturated rings. The first-order chi connectivity index (χ1) is 16.1. The number of hydrogen-bond donors (Lipinski definition) is 2. The van der Waals surface area contributed by atoms with Gasteiger partial charge in [0.1, 0.15) is 12.4 Å². The summed E-state index contributed by atoms with van der Waals surface area (Å²) in [5.41, 5.74) is 4.53. The number of nitrogens with one attached hydrogen (secondary N) is 2. The largest absolute Gasteiger partial charge is 0.489 e. The minimum absolute atomic E-state index is 0.125. The van der Waals surface area contributed by atoms with Crippen LogP contribution in [0.3, 0.4) is 0 Å². The lowest BCUT2D eigenvalue weighted by Gasteiger charge is -2.07. The molecule has 4 rings (SSSR count).